The van der Waals surface area contributed by atoms with E-state index in [2.05, 4.69) is 42.1 Å². The predicted octanol–water partition coefficient (Wildman–Crippen LogP) is 2.92. The van der Waals surface area contributed by atoms with Crippen LogP contribution in [0, 0.1) is 12.8 Å². The third-order valence-electron chi connectivity index (χ3n) is 4.34. The molecule has 1 aromatic heterocycles. The number of hydrogen-bond donors (Lipinski definition) is 1. The van der Waals surface area contributed by atoms with Gasteiger partial charge in [0.1, 0.15) is 0 Å². The minimum absolute atomic E-state index is 0.688. The maximum absolute atomic E-state index is 4.53. The van der Waals surface area contributed by atoms with E-state index in [4.69, 9.17) is 0 Å². The molecule has 0 bridgehead atoms. The number of nitrogens with zero attached hydrogens (tertiary/aromatic N) is 2. The van der Waals surface area contributed by atoms with Crippen molar-refractivity contribution in [1.29, 1.82) is 0 Å². The van der Waals surface area contributed by atoms with E-state index in [1.807, 2.05) is 0 Å². The van der Waals surface area contributed by atoms with Crippen molar-refractivity contribution < 1.29 is 0 Å². The first-order valence-electron chi connectivity index (χ1n) is 7.45. The molecule has 1 aliphatic rings. The van der Waals surface area contributed by atoms with Crippen molar-refractivity contribution in [3.05, 3.63) is 17.5 Å². The summed E-state index contributed by atoms with van der Waals surface area (Å²) in [5.74, 6) is 0.897. The fraction of sp³-hybridized carbons (Fsp3) is 0.800. The van der Waals surface area contributed by atoms with E-state index >= 15 is 0 Å². The zero-order chi connectivity index (χ0) is 13.0. The largest absolute Gasteiger partial charge is 0.317 e. The number of rotatable bonds is 6. The lowest BCUT2D eigenvalue weighted by atomic mass is 9.93. The SMILES string of the molecule is CCn1nc(C)cc1CCC(NC)C1CCCC1. The van der Waals surface area contributed by atoms with E-state index in [9.17, 15) is 0 Å². The van der Waals surface area contributed by atoms with Crippen LogP contribution in [0.4, 0.5) is 0 Å². The fourth-order valence-corrected chi connectivity index (χ4v) is 3.35. The Kier molecular flexibility index (Phi) is 4.81. The van der Waals surface area contributed by atoms with Gasteiger partial charge < -0.3 is 5.32 Å². The summed E-state index contributed by atoms with van der Waals surface area (Å²) in [4.78, 5) is 0. The molecule has 1 atom stereocenters. The van der Waals surface area contributed by atoms with Gasteiger partial charge in [0.25, 0.3) is 0 Å². The van der Waals surface area contributed by atoms with Crippen molar-refractivity contribution in [2.45, 2.75) is 65.0 Å². The Morgan fingerprint density at radius 1 is 1.44 bits per heavy atom. The third-order valence-corrected chi connectivity index (χ3v) is 4.34. The highest BCUT2D eigenvalue weighted by molar-refractivity contribution is 5.09. The van der Waals surface area contributed by atoms with Gasteiger partial charge in [-0.25, -0.2) is 0 Å². The van der Waals surface area contributed by atoms with E-state index in [-0.39, 0.29) is 0 Å². The van der Waals surface area contributed by atoms with E-state index < -0.39 is 0 Å². The second-order valence-corrected chi connectivity index (χ2v) is 5.57. The molecule has 1 saturated carbocycles. The van der Waals surface area contributed by atoms with Crippen LogP contribution in [0.15, 0.2) is 6.07 Å². The quantitative estimate of drug-likeness (QED) is 0.840. The number of aryl methyl sites for hydroxylation is 3. The van der Waals surface area contributed by atoms with Gasteiger partial charge in [0.05, 0.1) is 5.69 Å². The van der Waals surface area contributed by atoms with E-state index in [1.165, 1.54) is 37.8 Å². The summed E-state index contributed by atoms with van der Waals surface area (Å²) < 4.78 is 2.15. The highest BCUT2D eigenvalue weighted by atomic mass is 15.3. The molecule has 0 aliphatic heterocycles. The van der Waals surface area contributed by atoms with Crippen LogP contribution < -0.4 is 5.32 Å². The summed E-state index contributed by atoms with van der Waals surface area (Å²) in [6.07, 6.45) is 8.07. The zero-order valence-electron chi connectivity index (χ0n) is 12.1. The molecule has 3 heteroatoms. The van der Waals surface area contributed by atoms with Gasteiger partial charge in [-0.1, -0.05) is 12.8 Å². The van der Waals surface area contributed by atoms with E-state index in [1.54, 1.807) is 0 Å². The summed E-state index contributed by atoms with van der Waals surface area (Å²) in [6.45, 7) is 5.24. The van der Waals surface area contributed by atoms with Gasteiger partial charge in [0, 0.05) is 18.3 Å². The molecule has 102 valence electrons. The standard InChI is InChI=1S/C15H27N3/c1-4-18-14(11-12(2)17-18)9-10-15(16-3)13-7-5-6-8-13/h11,13,15-16H,4-10H2,1-3H3. The van der Waals surface area contributed by atoms with E-state index in [0.29, 0.717) is 6.04 Å². The second kappa shape index (κ2) is 6.37. The molecule has 1 aliphatic carbocycles. The number of aromatic nitrogens is 2. The maximum atomic E-state index is 4.53. The Balaban J connectivity index is 1.92. The first-order valence-corrected chi connectivity index (χ1v) is 7.45. The molecule has 0 amide bonds. The molecule has 0 aromatic carbocycles. The van der Waals surface area contributed by atoms with Crippen molar-refractivity contribution in [3.63, 3.8) is 0 Å². The Hall–Kier alpha value is -0.830. The maximum Gasteiger partial charge on any atom is 0.0596 e. The molecule has 18 heavy (non-hydrogen) atoms. The fourth-order valence-electron chi connectivity index (χ4n) is 3.35. The molecule has 3 nitrogen and oxygen atoms in total. The predicted molar refractivity (Wildman–Crippen MR) is 75.8 cm³/mol. The molecule has 1 fully saturated rings. The summed E-state index contributed by atoms with van der Waals surface area (Å²) in [6, 6.07) is 2.93. The smallest absolute Gasteiger partial charge is 0.0596 e. The Bertz CT molecular complexity index is 364. The van der Waals surface area contributed by atoms with Gasteiger partial charge >= 0.3 is 0 Å². The van der Waals surface area contributed by atoms with Gasteiger partial charge in [-0.3, -0.25) is 4.68 Å². The molecule has 0 spiro atoms. The normalized spacial score (nSPS) is 18.4. The van der Waals surface area contributed by atoms with Crippen LogP contribution in [-0.4, -0.2) is 22.9 Å². The van der Waals surface area contributed by atoms with Gasteiger partial charge in [-0.2, -0.15) is 5.10 Å². The van der Waals surface area contributed by atoms with Crippen LogP contribution in [-0.2, 0) is 13.0 Å². The first kappa shape index (κ1) is 13.6. The summed E-state index contributed by atoms with van der Waals surface area (Å²) in [5, 5.41) is 8.06. The molecule has 0 saturated heterocycles. The van der Waals surface area contributed by atoms with Crippen molar-refractivity contribution in [2.75, 3.05) is 7.05 Å². The van der Waals surface area contributed by atoms with Crippen LogP contribution in [0.1, 0.15) is 50.4 Å². The highest BCUT2D eigenvalue weighted by Gasteiger charge is 2.23. The van der Waals surface area contributed by atoms with E-state index in [0.717, 1.165) is 24.6 Å². The molecule has 1 unspecified atom stereocenters. The molecule has 1 heterocycles. The van der Waals surface area contributed by atoms with Crippen molar-refractivity contribution in [3.8, 4) is 0 Å². The minimum atomic E-state index is 0.688. The average molecular weight is 249 g/mol. The molecule has 1 aromatic rings. The third kappa shape index (κ3) is 3.14. The molecule has 1 N–H and O–H groups in total. The van der Waals surface area contributed by atoms with Crippen LogP contribution >= 0.6 is 0 Å². The molecule has 2 rings (SSSR count). The Labute approximate surface area is 111 Å². The van der Waals surface area contributed by atoms with Crippen LogP contribution in [0.5, 0.6) is 0 Å². The van der Waals surface area contributed by atoms with Gasteiger partial charge in [0.15, 0.2) is 0 Å². The second-order valence-electron chi connectivity index (χ2n) is 5.57. The van der Waals surface area contributed by atoms with Gasteiger partial charge in [-0.15, -0.1) is 0 Å². The van der Waals surface area contributed by atoms with Crippen molar-refractivity contribution >= 4 is 0 Å². The van der Waals surface area contributed by atoms with Crippen molar-refractivity contribution in [2.24, 2.45) is 5.92 Å². The Morgan fingerprint density at radius 3 is 2.78 bits per heavy atom. The van der Waals surface area contributed by atoms with Crippen LogP contribution in [0.3, 0.4) is 0 Å². The topological polar surface area (TPSA) is 29.9 Å². The van der Waals surface area contributed by atoms with Crippen LogP contribution in [0.2, 0.25) is 0 Å². The van der Waals surface area contributed by atoms with Crippen molar-refractivity contribution in [1.82, 2.24) is 15.1 Å². The zero-order valence-corrected chi connectivity index (χ0v) is 12.1. The van der Waals surface area contributed by atoms with Crippen LogP contribution in [0.25, 0.3) is 0 Å². The molecular weight excluding hydrogens is 222 g/mol. The summed E-state index contributed by atoms with van der Waals surface area (Å²) >= 11 is 0. The summed E-state index contributed by atoms with van der Waals surface area (Å²) in [7, 11) is 2.12. The lowest BCUT2D eigenvalue weighted by Crippen LogP contribution is -2.32. The Morgan fingerprint density at radius 2 is 2.17 bits per heavy atom. The van der Waals surface area contributed by atoms with Gasteiger partial charge in [-0.05, 0) is 58.6 Å². The average Bonchev–Trinajstić information content (AvgIpc) is 2.99. The molecular formula is C15H27N3. The lowest BCUT2D eigenvalue weighted by Gasteiger charge is -2.22. The highest BCUT2D eigenvalue weighted by Crippen LogP contribution is 2.29. The summed E-state index contributed by atoms with van der Waals surface area (Å²) in [5.41, 5.74) is 2.54. The number of nitrogens with one attached hydrogen (secondary N) is 1. The van der Waals surface area contributed by atoms with Gasteiger partial charge in [0.2, 0.25) is 0 Å². The minimum Gasteiger partial charge on any atom is -0.317 e. The first-order chi connectivity index (χ1) is 8.74. The molecule has 0 radical (unpaired) electrons. The number of hydrogen-bond acceptors (Lipinski definition) is 2. The monoisotopic (exact) mass is 249 g/mol. The lowest BCUT2D eigenvalue weighted by molar-refractivity contribution is 0.357.